The molecule has 0 unspecified atom stereocenters. The van der Waals surface area contributed by atoms with Crippen LogP contribution in [0.3, 0.4) is 0 Å². The smallest absolute Gasteiger partial charge is 0.264 e. The molecular formula is C29H33F2N3O6S. The Balaban J connectivity index is 2.08. The summed E-state index contributed by atoms with van der Waals surface area (Å²) in [7, 11) is -1.70. The summed E-state index contributed by atoms with van der Waals surface area (Å²) in [6, 6.07) is 13.0. The number of anilines is 1. The Kier molecular flexibility index (Phi) is 10.3. The quantitative estimate of drug-likeness (QED) is 0.341. The lowest BCUT2D eigenvalue weighted by Gasteiger charge is -2.32. The van der Waals surface area contributed by atoms with E-state index in [9.17, 15) is 26.8 Å². The average molecular weight is 590 g/mol. The first kappa shape index (κ1) is 31.3. The molecule has 1 N–H and O–H groups in total. The normalized spacial score (nSPS) is 12.0. The number of hydrogen-bond donors (Lipinski definition) is 1. The first-order chi connectivity index (χ1) is 19.4. The van der Waals surface area contributed by atoms with E-state index in [1.54, 1.807) is 19.9 Å². The van der Waals surface area contributed by atoms with Crippen LogP contribution in [0.1, 0.15) is 26.3 Å². The zero-order valence-electron chi connectivity index (χ0n) is 23.4. The van der Waals surface area contributed by atoms with E-state index in [2.05, 4.69) is 5.32 Å². The van der Waals surface area contributed by atoms with Gasteiger partial charge in [0, 0.05) is 24.2 Å². The zero-order chi connectivity index (χ0) is 30.3. The fourth-order valence-corrected chi connectivity index (χ4v) is 5.47. The SMILES string of the molecule is COc1ccc(S(=O)(=O)N(CC(=O)N(Cc2ccccc2F)[C@@H](C)C(=O)NC(C)C)c2ccc(F)cc2)cc1OC. The van der Waals surface area contributed by atoms with Crippen LogP contribution in [0, 0.1) is 11.6 Å². The van der Waals surface area contributed by atoms with E-state index in [1.165, 1.54) is 69.7 Å². The summed E-state index contributed by atoms with van der Waals surface area (Å²) in [4.78, 5) is 27.6. The van der Waals surface area contributed by atoms with Crippen molar-refractivity contribution in [1.29, 1.82) is 0 Å². The van der Waals surface area contributed by atoms with E-state index in [1.807, 2.05) is 0 Å². The standard InChI is InChI=1S/C29H33F2N3O6S/c1-19(2)32-29(36)20(3)33(17-21-8-6-7-9-25(21)31)28(35)18-34(23-12-10-22(30)11-13-23)41(37,38)24-14-15-26(39-4)27(16-24)40-5/h6-16,19-20H,17-18H2,1-5H3,(H,32,36)/t20-/m0/s1. The molecule has 0 radical (unpaired) electrons. The van der Waals surface area contributed by atoms with Gasteiger partial charge in [0.1, 0.15) is 24.2 Å². The molecule has 0 aliphatic heterocycles. The second kappa shape index (κ2) is 13.4. The third-order valence-electron chi connectivity index (χ3n) is 6.23. The Morgan fingerprint density at radius 2 is 1.54 bits per heavy atom. The highest BCUT2D eigenvalue weighted by Crippen LogP contribution is 2.32. The fraction of sp³-hybridized carbons (Fsp3) is 0.310. The fourth-order valence-electron chi connectivity index (χ4n) is 4.04. The van der Waals surface area contributed by atoms with Gasteiger partial charge in [-0.2, -0.15) is 0 Å². The van der Waals surface area contributed by atoms with Gasteiger partial charge in [-0.15, -0.1) is 0 Å². The van der Waals surface area contributed by atoms with Gasteiger partial charge in [-0.1, -0.05) is 18.2 Å². The van der Waals surface area contributed by atoms with E-state index >= 15 is 0 Å². The number of nitrogens with one attached hydrogen (secondary N) is 1. The number of halogens is 2. The van der Waals surface area contributed by atoms with Crippen molar-refractivity contribution in [1.82, 2.24) is 10.2 Å². The van der Waals surface area contributed by atoms with Crippen LogP contribution >= 0.6 is 0 Å². The summed E-state index contributed by atoms with van der Waals surface area (Å²) < 4.78 is 67.5. The molecule has 0 spiro atoms. The molecule has 0 aliphatic rings. The molecular weight excluding hydrogens is 556 g/mol. The van der Waals surface area contributed by atoms with Crippen LogP contribution in [0.2, 0.25) is 0 Å². The van der Waals surface area contributed by atoms with Crippen LogP contribution in [0.5, 0.6) is 11.5 Å². The summed E-state index contributed by atoms with van der Waals surface area (Å²) in [6.07, 6.45) is 0. The van der Waals surface area contributed by atoms with Crippen LogP contribution in [0.15, 0.2) is 71.6 Å². The molecule has 12 heteroatoms. The first-order valence-corrected chi connectivity index (χ1v) is 14.2. The summed E-state index contributed by atoms with van der Waals surface area (Å²) >= 11 is 0. The summed E-state index contributed by atoms with van der Waals surface area (Å²) in [5.74, 6) is -2.05. The van der Waals surface area contributed by atoms with Gasteiger partial charge in [0.05, 0.1) is 24.8 Å². The second-order valence-corrected chi connectivity index (χ2v) is 11.3. The molecule has 220 valence electrons. The second-order valence-electron chi connectivity index (χ2n) is 9.46. The molecule has 0 fully saturated rings. The molecule has 9 nitrogen and oxygen atoms in total. The third kappa shape index (κ3) is 7.51. The lowest BCUT2D eigenvalue weighted by molar-refractivity contribution is -0.139. The topological polar surface area (TPSA) is 105 Å². The van der Waals surface area contributed by atoms with Crippen molar-refractivity contribution in [2.45, 2.75) is 44.3 Å². The Bertz CT molecular complexity index is 1480. The number of amides is 2. The predicted octanol–water partition coefficient (Wildman–Crippen LogP) is 4.12. The Hall–Kier alpha value is -4.19. The third-order valence-corrected chi connectivity index (χ3v) is 8.00. The van der Waals surface area contributed by atoms with Crippen molar-refractivity contribution >= 4 is 27.5 Å². The van der Waals surface area contributed by atoms with Crippen LogP contribution in [-0.4, -0.2) is 58.0 Å². The van der Waals surface area contributed by atoms with Gasteiger partial charge < -0.3 is 19.7 Å². The highest BCUT2D eigenvalue weighted by Gasteiger charge is 2.33. The maximum Gasteiger partial charge on any atom is 0.264 e. The van der Waals surface area contributed by atoms with Gasteiger partial charge in [-0.25, -0.2) is 17.2 Å². The summed E-state index contributed by atoms with van der Waals surface area (Å²) in [5.41, 5.74) is 0.140. The number of methoxy groups -OCH3 is 2. The number of nitrogens with zero attached hydrogens (tertiary/aromatic N) is 2. The molecule has 0 saturated heterocycles. The van der Waals surface area contributed by atoms with Crippen molar-refractivity contribution < 1.29 is 36.3 Å². The number of carbonyl (C=O) groups is 2. The Morgan fingerprint density at radius 1 is 0.902 bits per heavy atom. The highest BCUT2D eigenvalue weighted by molar-refractivity contribution is 7.92. The van der Waals surface area contributed by atoms with Crippen molar-refractivity contribution in [3.05, 3.63) is 83.9 Å². The minimum Gasteiger partial charge on any atom is -0.493 e. The van der Waals surface area contributed by atoms with Crippen LogP contribution < -0.4 is 19.1 Å². The maximum absolute atomic E-state index is 14.6. The van der Waals surface area contributed by atoms with E-state index < -0.39 is 46.1 Å². The molecule has 0 saturated carbocycles. The van der Waals surface area contributed by atoms with Crippen LogP contribution in [0.4, 0.5) is 14.5 Å². The minimum atomic E-state index is -4.45. The molecule has 1 atom stereocenters. The van der Waals surface area contributed by atoms with Crippen molar-refractivity contribution in [2.75, 3.05) is 25.1 Å². The van der Waals surface area contributed by atoms with Gasteiger partial charge in [0.15, 0.2) is 11.5 Å². The lowest BCUT2D eigenvalue weighted by Crippen LogP contribution is -2.52. The molecule has 0 bridgehead atoms. The summed E-state index contributed by atoms with van der Waals surface area (Å²) in [6.45, 7) is 3.91. The van der Waals surface area contributed by atoms with Crippen molar-refractivity contribution in [3.63, 3.8) is 0 Å². The zero-order valence-corrected chi connectivity index (χ0v) is 24.2. The van der Waals surface area contributed by atoms with Gasteiger partial charge in [0.25, 0.3) is 10.0 Å². The molecule has 3 rings (SSSR count). The average Bonchev–Trinajstić information content (AvgIpc) is 2.94. The summed E-state index contributed by atoms with van der Waals surface area (Å²) in [5, 5.41) is 2.72. The van der Waals surface area contributed by atoms with Crippen LogP contribution in [0.25, 0.3) is 0 Å². The number of benzene rings is 3. The number of ether oxygens (including phenoxy) is 2. The maximum atomic E-state index is 14.6. The number of rotatable bonds is 12. The number of hydrogen-bond acceptors (Lipinski definition) is 6. The first-order valence-electron chi connectivity index (χ1n) is 12.7. The molecule has 0 aromatic heterocycles. The van der Waals surface area contributed by atoms with E-state index in [4.69, 9.17) is 9.47 Å². The molecule has 2 amide bonds. The van der Waals surface area contributed by atoms with E-state index in [0.717, 1.165) is 21.3 Å². The molecule has 0 aliphatic carbocycles. The van der Waals surface area contributed by atoms with E-state index in [-0.39, 0.29) is 40.2 Å². The molecule has 3 aromatic rings. The Labute approximate surface area is 238 Å². The van der Waals surface area contributed by atoms with E-state index in [0.29, 0.717) is 0 Å². The predicted molar refractivity (Wildman–Crippen MR) is 150 cm³/mol. The number of carbonyl (C=O) groups excluding carboxylic acids is 2. The van der Waals surface area contributed by atoms with Crippen molar-refractivity contribution in [3.8, 4) is 11.5 Å². The van der Waals surface area contributed by atoms with Gasteiger partial charge in [0.2, 0.25) is 11.8 Å². The largest absolute Gasteiger partial charge is 0.493 e. The lowest BCUT2D eigenvalue weighted by atomic mass is 10.1. The molecule has 41 heavy (non-hydrogen) atoms. The van der Waals surface area contributed by atoms with Gasteiger partial charge in [-0.3, -0.25) is 13.9 Å². The Morgan fingerprint density at radius 3 is 2.12 bits per heavy atom. The number of sulfonamides is 1. The van der Waals surface area contributed by atoms with Gasteiger partial charge in [-0.05, 0) is 63.2 Å². The minimum absolute atomic E-state index is 0.000313. The van der Waals surface area contributed by atoms with Gasteiger partial charge >= 0.3 is 0 Å². The van der Waals surface area contributed by atoms with Crippen molar-refractivity contribution in [2.24, 2.45) is 0 Å². The molecule has 3 aromatic carbocycles. The monoisotopic (exact) mass is 589 g/mol. The highest BCUT2D eigenvalue weighted by atomic mass is 32.2. The molecule has 0 heterocycles. The van der Waals surface area contributed by atoms with Crippen LogP contribution in [-0.2, 0) is 26.2 Å².